The summed E-state index contributed by atoms with van der Waals surface area (Å²) in [4.78, 5) is 55.7. The van der Waals surface area contributed by atoms with Gasteiger partial charge in [0.1, 0.15) is 23.8 Å². The second-order valence-electron chi connectivity index (χ2n) is 8.14. The summed E-state index contributed by atoms with van der Waals surface area (Å²) < 4.78 is 63.3. The first kappa shape index (κ1) is 26.9. The number of fused-ring (bicyclic) bond motifs is 1. The lowest BCUT2D eigenvalue weighted by Crippen LogP contribution is -2.43. The number of nitrogens with zero attached hydrogens (tertiary/aromatic N) is 4. The molecule has 3 heterocycles. The lowest BCUT2D eigenvalue weighted by molar-refractivity contribution is -0.248. The third-order valence-electron chi connectivity index (χ3n) is 5.15. The summed E-state index contributed by atoms with van der Waals surface area (Å²) in [7, 11) is 0. The number of esters is 3. The van der Waals surface area contributed by atoms with Crippen molar-refractivity contribution >= 4 is 35.0 Å². The van der Waals surface area contributed by atoms with E-state index in [2.05, 4.69) is 14.7 Å². The van der Waals surface area contributed by atoms with Crippen LogP contribution in [0.5, 0.6) is 0 Å². The van der Waals surface area contributed by atoms with Crippen molar-refractivity contribution in [2.24, 2.45) is 0 Å². The van der Waals surface area contributed by atoms with Crippen molar-refractivity contribution in [3.63, 3.8) is 0 Å². The Labute approximate surface area is 201 Å². The number of hydrogen-bond donors (Lipinski definition) is 1. The highest BCUT2D eigenvalue weighted by Gasteiger charge is 2.54. The van der Waals surface area contributed by atoms with E-state index >= 15 is 0 Å². The molecular formula is C20H24F3N5O8. The second kappa shape index (κ2) is 10.1. The van der Waals surface area contributed by atoms with Gasteiger partial charge in [0.2, 0.25) is 12.1 Å². The highest BCUT2D eigenvalue weighted by atomic mass is 19.4. The molecular weight excluding hydrogens is 495 g/mol. The zero-order chi connectivity index (χ0) is 26.9. The molecule has 0 aliphatic carbocycles. The van der Waals surface area contributed by atoms with Crippen LogP contribution >= 0.6 is 0 Å². The number of hydrogen-bond acceptors (Lipinski definition) is 11. The van der Waals surface area contributed by atoms with Gasteiger partial charge >= 0.3 is 29.8 Å². The van der Waals surface area contributed by atoms with Gasteiger partial charge in [-0.3, -0.25) is 19.0 Å². The van der Waals surface area contributed by atoms with Crippen molar-refractivity contribution in [2.75, 3.05) is 5.73 Å². The molecule has 198 valence electrons. The molecule has 1 aliphatic rings. The van der Waals surface area contributed by atoms with Crippen LogP contribution in [0, 0.1) is 0 Å². The highest BCUT2D eigenvalue weighted by molar-refractivity contribution is 5.72. The van der Waals surface area contributed by atoms with Crippen LogP contribution in [0.25, 0.3) is 11.2 Å². The predicted molar refractivity (Wildman–Crippen MR) is 113 cm³/mol. The van der Waals surface area contributed by atoms with Crippen molar-refractivity contribution in [1.82, 2.24) is 19.1 Å². The Balaban J connectivity index is 2.12. The number of halogens is 3. The summed E-state index contributed by atoms with van der Waals surface area (Å²) in [5.41, 5.74) is 4.82. The third kappa shape index (κ3) is 5.75. The first-order valence-corrected chi connectivity index (χ1v) is 10.7. The van der Waals surface area contributed by atoms with Gasteiger partial charge in [-0.05, 0) is 6.92 Å². The molecule has 36 heavy (non-hydrogen) atoms. The van der Waals surface area contributed by atoms with Gasteiger partial charge in [0.15, 0.2) is 11.9 Å². The largest absolute Gasteiger partial charge is 0.461 e. The van der Waals surface area contributed by atoms with Crippen LogP contribution in [0.1, 0.15) is 40.3 Å². The molecule has 1 fully saturated rings. The maximum atomic E-state index is 13.7. The Morgan fingerprint density at radius 1 is 1.19 bits per heavy atom. The summed E-state index contributed by atoms with van der Waals surface area (Å²) in [6, 6.07) is 0. The second-order valence-corrected chi connectivity index (χ2v) is 8.14. The maximum Gasteiger partial charge on any atom is 0.428 e. The standard InChI is InChI=1S/C20H24F3N5O8/c1-8(33-9(2)29)7-27-12-6-25-18(24)26-16(12)28(19(27)32)17-14(34-10(3)30)5-13(36-17)15(20(21,22)23)35-11(4)31/h6,8,13-15,17H,5,7H2,1-4H3,(H2,24,25,26)/t8?,13-,14+,15?,17+/m0/s1. The smallest absolute Gasteiger partial charge is 0.428 e. The number of aromatic nitrogens is 4. The predicted octanol–water partition coefficient (Wildman–Crippen LogP) is 0.840. The summed E-state index contributed by atoms with van der Waals surface area (Å²) in [6.45, 7) is 4.37. The van der Waals surface area contributed by atoms with Crippen molar-refractivity contribution in [1.29, 1.82) is 0 Å². The fourth-order valence-corrected chi connectivity index (χ4v) is 4.00. The number of carbonyl (C=O) groups excluding carboxylic acids is 3. The van der Waals surface area contributed by atoms with Crippen molar-refractivity contribution in [2.45, 2.75) is 77.5 Å². The van der Waals surface area contributed by atoms with Crippen LogP contribution in [-0.4, -0.2) is 67.6 Å². The number of carbonyl (C=O) groups is 3. The van der Waals surface area contributed by atoms with Gasteiger partial charge in [0, 0.05) is 27.2 Å². The molecule has 3 rings (SSSR count). The Bertz CT molecular complexity index is 1230. The molecule has 0 amide bonds. The Morgan fingerprint density at radius 2 is 1.83 bits per heavy atom. The Kier molecular flexibility index (Phi) is 7.56. The van der Waals surface area contributed by atoms with E-state index < -0.39 is 66.8 Å². The Morgan fingerprint density at radius 3 is 2.39 bits per heavy atom. The quantitative estimate of drug-likeness (QED) is 0.407. The summed E-state index contributed by atoms with van der Waals surface area (Å²) in [6.07, 6.45) is -12.6. The van der Waals surface area contributed by atoms with Gasteiger partial charge in [-0.1, -0.05) is 0 Å². The first-order valence-electron chi connectivity index (χ1n) is 10.7. The minimum Gasteiger partial charge on any atom is -0.461 e. The molecule has 0 saturated carbocycles. The van der Waals surface area contributed by atoms with Crippen LogP contribution in [0.2, 0.25) is 0 Å². The van der Waals surface area contributed by atoms with Crippen molar-refractivity contribution in [3.8, 4) is 0 Å². The third-order valence-corrected chi connectivity index (χ3v) is 5.15. The summed E-state index contributed by atoms with van der Waals surface area (Å²) >= 11 is 0. The lowest BCUT2D eigenvalue weighted by atomic mass is 10.1. The number of ether oxygens (including phenoxy) is 4. The van der Waals surface area contributed by atoms with E-state index in [0.717, 1.165) is 23.0 Å². The molecule has 1 aliphatic heterocycles. The molecule has 5 atom stereocenters. The van der Waals surface area contributed by atoms with Crippen LogP contribution in [-0.2, 0) is 39.9 Å². The molecule has 13 nitrogen and oxygen atoms in total. The van der Waals surface area contributed by atoms with Crippen LogP contribution in [0.4, 0.5) is 19.1 Å². The van der Waals surface area contributed by atoms with Gasteiger partial charge < -0.3 is 24.7 Å². The first-order chi connectivity index (χ1) is 16.7. The van der Waals surface area contributed by atoms with Crippen LogP contribution < -0.4 is 11.4 Å². The van der Waals surface area contributed by atoms with Gasteiger partial charge in [-0.15, -0.1) is 0 Å². The van der Waals surface area contributed by atoms with E-state index in [1.165, 1.54) is 20.0 Å². The molecule has 0 spiro atoms. The average Bonchev–Trinajstić information content (AvgIpc) is 3.22. The number of rotatable bonds is 7. The number of alkyl halides is 3. The van der Waals surface area contributed by atoms with Crippen LogP contribution in [0.15, 0.2) is 11.0 Å². The number of anilines is 1. The monoisotopic (exact) mass is 519 g/mol. The van der Waals surface area contributed by atoms with E-state index in [0.29, 0.717) is 0 Å². The van der Waals surface area contributed by atoms with E-state index in [4.69, 9.17) is 19.9 Å². The minimum absolute atomic E-state index is 0.106. The van der Waals surface area contributed by atoms with Gasteiger partial charge in [-0.25, -0.2) is 14.3 Å². The van der Waals surface area contributed by atoms with Gasteiger partial charge in [-0.2, -0.15) is 18.2 Å². The molecule has 1 saturated heterocycles. The van der Waals surface area contributed by atoms with Crippen molar-refractivity contribution in [3.05, 3.63) is 16.7 Å². The van der Waals surface area contributed by atoms with Gasteiger partial charge in [0.25, 0.3) is 0 Å². The maximum absolute atomic E-state index is 13.7. The van der Waals surface area contributed by atoms with E-state index in [9.17, 15) is 32.3 Å². The van der Waals surface area contributed by atoms with Crippen molar-refractivity contribution < 1.29 is 46.5 Å². The molecule has 0 radical (unpaired) electrons. The molecule has 2 aromatic rings. The number of nitrogen functional groups attached to an aromatic ring is 1. The van der Waals surface area contributed by atoms with E-state index in [-0.39, 0.29) is 23.7 Å². The van der Waals surface area contributed by atoms with Gasteiger partial charge in [0.05, 0.1) is 12.7 Å². The fourth-order valence-electron chi connectivity index (χ4n) is 4.00. The molecule has 2 aromatic heterocycles. The molecule has 0 bridgehead atoms. The summed E-state index contributed by atoms with van der Waals surface area (Å²) in [5, 5.41) is 0. The zero-order valence-electron chi connectivity index (χ0n) is 19.6. The van der Waals surface area contributed by atoms with Crippen LogP contribution in [0.3, 0.4) is 0 Å². The number of nitrogens with two attached hydrogens (primary N) is 1. The molecule has 16 heteroatoms. The Hall–Kier alpha value is -3.69. The SMILES string of the molecule is CC(=O)OC(C)Cn1c(=O)n([C@@H]2O[C@H](C(OC(C)=O)C(F)(F)F)C[C@H]2OC(C)=O)c2nc(N)ncc21. The number of imidazole rings is 1. The normalized spacial score (nSPS) is 21.7. The minimum atomic E-state index is -5.02. The summed E-state index contributed by atoms with van der Waals surface area (Å²) in [5.74, 6) is -2.91. The zero-order valence-corrected chi connectivity index (χ0v) is 19.6. The van der Waals surface area contributed by atoms with E-state index in [1.807, 2.05) is 0 Å². The molecule has 2 unspecified atom stereocenters. The topological polar surface area (TPSA) is 167 Å². The molecule has 2 N–H and O–H groups in total. The lowest BCUT2D eigenvalue weighted by Gasteiger charge is -2.25. The van der Waals surface area contributed by atoms with E-state index in [1.54, 1.807) is 0 Å². The molecule has 0 aromatic carbocycles. The fraction of sp³-hybridized carbons (Fsp3) is 0.600. The average molecular weight is 519 g/mol. The highest BCUT2D eigenvalue weighted by Crippen LogP contribution is 2.39.